The number of hydrogen-bond acceptors (Lipinski definition) is 3. The quantitative estimate of drug-likeness (QED) is 0.903. The lowest BCUT2D eigenvalue weighted by molar-refractivity contribution is 0.265. The second-order valence-corrected chi connectivity index (χ2v) is 4.98. The van der Waals surface area contributed by atoms with Crippen LogP contribution in [0.3, 0.4) is 0 Å². The number of hydrogen-bond donors (Lipinski definition) is 1. The van der Waals surface area contributed by atoms with Crippen LogP contribution in [0.1, 0.15) is 22.6 Å². The van der Waals surface area contributed by atoms with E-state index in [0.717, 1.165) is 29.2 Å². The normalized spacial score (nSPS) is 10.7. The first-order valence-corrected chi connectivity index (χ1v) is 6.59. The van der Waals surface area contributed by atoms with Gasteiger partial charge in [0, 0.05) is 0 Å². The zero-order valence-electron chi connectivity index (χ0n) is 11.4. The van der Waals surface area contributed by atoms with Gasteiger partial charge in [-0.25, -0.2) is 0 Å². The second kappa shape index (κ2) is 6.13. The van der Waals surface area contributed by atoms with E-state index in [9.17, 15) is 0 Å². The van der Waals surface area contributed by atoms with Crippen LogP contribution < -0.4 is 10.1 Å². The third-order valence-corrected chi connectivity index (χ3v) is 3.18. The van der Waals surface area contributed by atoms with Gasteiger partial charge in [0.2, 0.25) is 0 Å². The zero-order valence-corrected chi connectivity index (χ0v) is 12.2. The van der Waals surface area contributed by atoms with Crippen molar-refractivity contribution in [3.8, 4) is 5.75 Å². The van der Waals surface area contributed by atoms with Crippen LogP contribution in [0.2, 0.25) is 5.02 Å². The first-order valence-electron chi connectivity index (χ1n) is 6.22. The van der Waals surface area contributed by atoms with Crippen molar-refractivity contribution in [3.63, 3.8) is 0 Å². The molecule has 0 atom stereocenters. The summed E-state index contributed by atoms with van der Waals surface area (Å²) in [5.41, 5.74) is 2.24. The summed E-state index contributed by atoms with van der Waals surface area (Å²) < 4.78 is 11.4. The average Bonchev–Trinajstić information content (AvgIpc) is 2.72. The Kier molecular flexibility index (Phi) is 4.51. The van der Waals surface area contributed by atoms with Gasteiger partial charge in [0.25, 0.3) is 0 Å². The molecule has 2 aromatic rings. The van der Waals surface area contributed by atoms with Crippen LogP contribution >= 0.6 is 11.6 Å². The third kappa shape index (κ3) is 3.52. The largest absolute Gasteiger partial charge is 0.484 e. The van der Waals surface area contributed by atoms with Crippen LogP contribution in [-0.4, -0.2) is 7.05 Å². The highest BCUT2D eigenvalue weighted by Gasteiger charge is 2.08. The van der Waals surface area contributed by atoms with E-state index in [1.807, 2.05) is 45.2 Å². The van der Waals surface area contributed by atoms with Gasteiger partial charge >= 0.3 is 0 Å². The van der Waals surface area contributed by atoms with E-state index in [1.165, 1.54) is 0 Å². The molecule has 0 spiro atoms. The van der Waals surface area contributed by atoms with Gasteiger partial charge in [-0.15, -0.1) is 0 Å². The molecular formula is C15H18ClNO2. The van der Waals surface area contributed by atoms with Crippen molar-refractivity contribution < 1.29 is 9.15 Å². The van der Waals surface area contributed by atoms with Crippen LogP contribution in [0.5, 0.6) is 5.75 Å². The van der Waals surface area contributed by atoms with Gasteiger partial charge in [0.15, 0.2) is 0 Å². The topological polar surface area (TPSA) is 34.4 Å². The molecule has 0 aliphatic carbocycles. The molecule has 3 nitrogen and oxygen atoms in total. The molecule has 1 aromatic heterocycles. The Balaban J connectivity index is 2.06. The molecule has 0 radical (unpaired) electrons. The monoisotopic (exact) mass is 279 g/mol. The molecule has 4 heteroatoms. The van der Waals surface area contributed by atoms with Gasteiger partial charge in [-0.05, 0) is 50.2 Å². The summed E-state index contributed by atoms with van der Waals surface area (Å²) in [6, 6.07) is 7.71. The molecule has 1 heterocycles. The number of benzene rings is 1. The predicted octanol–water partition coefficient (Wildman–Crippen LogP) is 3.85. The highest BCUT2D eigenvalue weighted by Crippen LogP contribution is 2.26. The van der Waals surface area contributed by atoms with Crippen molar-refractivity contribution in [1.29, 1.82) is 0 Å². The van der Waals surface area contributed by atoms with Gasteiger partial charge in [-0.2, -0.15) is 0 Å². The molecule has 0 aliphatic rings. The Bertz CT molecular complexity index is 563. The Morgan fingerprint density at radius 2 is 2.05 bits per heavy atom. The number of aryl methyl sites for hydroxylation is 2. The van der Waals surface area contributed by atoms with Crippen molar-refractivity contribution in [2.45, 2.75) is 27.0 Å². The predicted molar refractivity (Wildman–Crippen MR) is 76.7 cm³/mol. The zero-order chi connectivity index (χ0) is 13.8. The molecule has 0 saturated heterocycles. The third-order valence-electron chi connectivity index (χ3n) is 2.87. The molecular weight excluding hydrogens is 262 g/mol. The summed E-state index contributed by atoms with van der Waals surface area (Å²) >= 11 is 6.08. The minimum atomic E-state index is 0.383. The molecule has 19 heavy (non-hydrogen) atoms. The van der Waals surface area contributed by atoms with Crippen LogP contribution in [0.25, 0.3) is 0 Å². The standard InChI is InChI=1S/C15H18ClNO2/c1-10-4-5-13(16)14(6-10)18-9-12-7-11(2)15(19-12)8-17-3/h4-7,17H,8-9H2,1-3H3. The van der Waals surface area contributed by atoms with Crippen LogP contribution in [0, 0.1) is 13.8 Å². The van der Waals surface area contributed by atoms with E-state index in [2.05, 4.69) is 5.32 Å². The fourth-order valence-electron chi connectivity index (χ4n) is 1.87. The van der Waals surface area contributed by atoms with Gasteiger partial charge in [-0.1, -0.05) is 17.7 Å². The van der Waals surface area contributed by atoms with Crippen molar-refractivity contribution in [2.24, 2.45) is 0 Å². The molecule has 0 amide bonds. The number of ether oxygens (including phenoxy) is 1. The maximum atomic E-state index is 6.08. The van der Waals surface area contributed by atoms with Crippen LogP contribution in [0.4, 0.5) is 0 Å². The molecule has 0 fully saturated rings. The number of halogens is 1. The summed E-state index contributed by atoms with van der Waals surface area (Å²) in [5.74, 6) is 2.43. The Morgan fingerprint density at radius 1 is 1.26 bits per heavy atom. The Hall–Kier alpha value is -1.45. The van der Waals surface area contributed by atoms with Crippen LogP contribution in [-0.2, 0) is 13.2 Å². The van der Waals surface area contributed by atoms with Crippen molar-refractivity contribution >= 4 is 11.6 Å². The SMILES string of the molecule is CNCc1oc(COc2cc(C)ccc2Cl)cc1C. The van der Waals surface area contributed by atoms with Gasteiger partial charge in [0.1, 0.15) is 23.9 Å². The summed E-state index contributed by atoms with van der Waals surface area (Å²) in [7, 11) is 1.89. The molecule has 0 unspecified atom stereocenters. The van der Waals surface area contributed by atoms with Gasteiger partial charge in [0.05, 0.1) is 11.6 Å². The fraction of sp³-hybridized carbons (Fsp3) is 0.333. The average molecular weight is 280 g/mol. The molecule has 1 aromatic carbocycles. The lowest BCUT2D eigenvalue weighted by atomic mass is 10.2. The molecule has 102 valence electrons. The van der Waals surface area contributed by atoms with Crippen molar-refractivity contribution in [1.82, 2.24) is 5.32 Å². The molecule has 2 rings (SSSR count). The van der Waals surface area contributed by atoms with E-state index in [1.54, 1.807) is 0 Å². The van der Waals surface area contributed by atoms with E-state index >= 15 is 0 Å². The maximum absolute atomic E-state index is 6.08. The summed E-state index contributed by atoms with van der Waals surface area (Å²) in [6.45, 7) is 5.13. The van der Waals surface area contributed by atoms with Gasteiger partial charge in [-0.3, -0.25) is 0 Å². The Morgan fingerprint density at radius 3 is 2.79 bits per heavy atom. The highest BCUT2D eigenvalue weighted by molar-refractivity contribution is 6.32. The van der Waals surface area contributed by atoms with E-state index in [4.69, 9.17) is 20.8 Å². The summed E-state index contributed by atoms with van der Waals surface area (Å²) in [4.78, 5) is 0. The van der Waals surface area contributed by atoms with Crippen molar-refractivity contribution in [3.05, 3.63) is 51.9 Å². The fourth-order valence-corrected chi connectivity index (χ4v) is 2.04. The lowest BCUT2D eigenvalue weighted by Crippen LogP contribution is -2.04. The summed E-state index contributed by atoms with van der Waals surface area (Å²) in [6.07, 6.45) is 0. The molecule has 0 bridgehead atoms. The minimum Gasteiger partial charge on any atom is -0.484 e. The minimum absolute atomic E-state index is 0.383. The van der Waals surface area contributed by atoms with Crippen LogP contribution in [0.15, 0.2) is 28.7 Å². The van der Waals surface area contributed by atoms with E-state index in [0.29, 0.717) is 17.4 Å². The first kappa shape index (κ1) is 14.0. The van der Waals surface area contributed by atoms with Gasteiger partial charge < -0.3 is 14.5 Å². The number of furan rings is 1. The summed E-state index contributed by atoms with van der Waals surface area (Å²) in [5, 5.41) is 3.69. The number of rotatable bonds is 5. The molecule has 0 aliphatic heterocycles. The smallest absolute Gasteiger partial charge is 0.146 e. The second-order valence-electron chi connectivity index (χ2n) is 4.57. The molecule has 1 N–H and O–H groups in total. The number of nitrogens with one attached hydrogen (secondary N) is 1. The molecule has 0 saturated carbocycles. The highest BCUT2D eigenvalue weighted by atomic mass is 35.5. The van der Waals surface area contributed by atoms with E-state index < -0.39 is 0 Å². The van der Waals surface area contributed by atoms with Crippen molar-refractivity contribution in [2.75, 3.05) is 7.05 Å². The Labute approximate surface area is 118 Å². The lowest BCUT2D eigenvalue weighted by Gasteiger charge is -2.07. The maximum Gasteiger partial charge on any atom is 0.146 e. The van der Waals surface area contributed by atoms with E-state index in [-0.39, 0.29) is 0 Å². The first-order chi connectivity index (χ1) is 9.10.